The van der Waals surface area contributed by atoms with Crippen molar-refractivity contribution in [3.8, 4) is 11.3 Å². The van der Waals surface area contributed by atoms with Crippen molar-refractivity contribution in [2.45, 2.75) is 0 Å². The standard InChI is InChI=1S/C20H21N3O2/c1-23(2)11-10-21-19-13-18(14-6-4-3-5-7-14)22-17-9-8-15(20(24)25)12-16(17)19/h3-9,12-13H,10-11H2,1-2H3,(H,21,22)(H,24,25). The van der Waals surface area contributed by atoms with Gasteiger partial charge in [-0.1, -0.05) is 30.3 Å². The molecule has 1 aromatic heterocycles. The molecule has 0 fully saturated rings. The van der Waals surface area contributed by atoms with E-state index < -0.39 is 5.97 Å². The summed E-state index contributed by atoms with van der Waals surface area (Å²) in [7, 11) is 4.04. The van der Waals surface area contributed by atoms with Crippen molar-refractivity contribution in [2.75, 3.05) is 32.5 Å². The minimum absolute atomic E-state index is 0.262. The Kier molecular flexibility index (Phi) is 4.95. The first-order chi connectivity index (χ1) is 12.0. The molecule has 0 saturated carbocycles. The van der Waals surface area contributed by atoms with E-state index in [9.17, 15) is 9.90 Å². The van der Waals surface area contributed by atoms with E-state index >= 15 is 0 Å². The number of fused-ring (bicyclic) bond motifs is 1. The van der Waals surface area contributed by atoms with Crippen molar-refractivity contribution in [1.82, 2.24) is 9.88 Å². The van der Waals surface area contributed by atoms with Crippen molar-refractivity contribution in [3.63, 3.8) is 0 Å². The quantitative estimate of drug-likeness (QED) is 0.721. The first-order valence-corrected chi connectivity index (χ1v) is 8.17. The first kappa shape index (κ1) is 16.9. The highest BCUT2D eigenvalue weighted by molar-refractivity contribution is 5.99. The summed E-state index contributed by atoms with van der Waals surface area (Å²) in [6.07, 6.45) is 0. The third-order valence-corrected chi connectivity index (χ3v) is 4.00. The van der Waals surface area contributed by atoms with Gasteiger partial charge in [0.25, 0.3) is 0 Å². The van der Waals surface area contributed by atoms with E-state index in [2.05, 4.69) is 10.2 Å². The average Bonchev–Trinajstić information content (AvgIpc) is 2.61. The van der Waals surface area contributed by atoms with Crippen molar-refractivity contribution in [1.29, 1.82) is 0 Å². The highest BCUT2D eigenvalue weighted by Crippen LogP contribution is 2.29. The average molecular weight is 335 g/mol. The number of carboxylic acids is 1. The molecule has 1 heterocycles. The van der Waals surface area contributed by atoms with Gasteiger partial charge >= 0.3 is 5.97 Å². The van der Waals surface area contributed by atoms with Crippen molar-refractivity contribution in [3.05, 3.63) is 60.2 Å². The van der Waals surface area contributed by atoms with Gasteiger partial charge in [-0.15, -0.1) is 0 Å². The Morgan fingerprint density at radius 1 is 1.12 bits per heavy atom. The normalized spacial score (nSPS) is 11.0. The van der Waals surface area contributed by atoms with Crippen molar-refractivity contribution < 1.29 is 9.90 Å². The number of carbonyl (C=O) groups is 1. The molecular weight excluding hydrogens is 314 g/mol. The van der Waals surface area contributed by atoms with Crippen LogP contribution in [0.1, 0.15) is 10.4 Å². The van der Waals surface area contributed by atoms with Crippen LogP contribution in [0.15, 0.2) is 54.6 Å². The molecule has 0 radical (unpaired) electrons. The maximum atomic E-state index is 11.3. The molecule has 5 nitrogen and oxygen atoms in total. The lowest BCUT2D eigenvalue weighted by Gasteiger charge is -2.15. The first-order valence-electron chi connectivity index (χ1n) is 8.17. The summed E-state index contributed by atoms with van der Waals surface area (Å²) in [5.41, 5.74) is 3.83. The number of hydrogen-bond donors (Lipinski definition) is 2. The van der Waals surface area contributed by atoms with Crippen LogP contribution in [0.2, 0.25) is 0 Å². The van der Waals surface area contributed by atoms with E-state index in [4.69, 9.17) is 4.98 Å². The molecule has 0 bridgehead atoms. The van der Waals surface area contributed by atoms with Crippen LogP contribution in [0.3, 0.4) is 0 Å². The van der Waals surface area contributed by atoms with Gasteiger partial charge in [-0.05, 0) is 38.4 Å². The molecule has 128 valence electrons. The highest BCUT2D eigenvalue weighted by atomic mass is 16.4. The van der Waals surface area contributed by atoms with Gasteiger partial charge in [-0.25, -0.2) is 9.78 Å². The minimum Gasteiger partial charge on any atom is -0.478 e. The van der Waals surface area contributed by atoms with Gasteiger partial charge < -0.3 is 15.3 Å². The monoisotopic (exact) mass is 335 g/mol. The summed E-state index contributed by atoms with van der Waals surface area (Å²) < 4.78 is 0. The molecule has 25 heavy (non-hydrogen) atoms. The predicted octanol–water partition coefficient (Wildman–Crippen LogP) is 3.57. The van der Waals surface area contributed by atoms with Gasteiger partial charge in [0.2, 0.25) is 0 Å². The van der Waals surface area contributed by atoms with E-state index in [1.54, 1.807) is 18.2 Å². The zero-order valence-electron chi connectivity index (χ0n) is 14.4. The predicted molar refractivity (Wildman–Crippen MR) is 101 cm³/mol. The number of carboxylic acid groups (broad SMARTS) is 1. The van der Waals surface area contributed by atoms with Gasteiger partial charge in [0.05, 0.1) is 16.8 Å². The molecule has 0 aliphatic carbocycles. The lowest BCUT2D eigenvalue weighted by molar-refractivity contribution is 0.0697. The number of likely N-dealkylation sites (N-methyl/N-ethyl adjacent to an activating group) is 1. The topological polar surface area (TPSA) is 65.5 Å². The smallest absolute Gasteiger partial charge is 0.335 e. The fourth-order valence-electron chi connectivity index (χ4n) is 2.68. The molecule has 0 spiro atoms. The Morgan fingerprint density at radius 3 is 2.56 bits per heavy atom. The van der Waals surface area contributed by atoms with Crippen LogP contribution in [0.5, 0.6) is 0 Å². The Morgan fingerprint density at radius 2 is 1.88 bits per heavy atom. The second-order valence-corrected chi connectivity index (χ2v) is 6.19. The minimum atomic E-state index is -0.937. The Labute approximate surface area is 146 Å². The van der Waals surface area contributed by atoms with Crippen LogP contribution in [-0.4, -0.2) is 48.1 Å². The largest absolute Gasteiger partial charge is 0.478 e. The second kappa shape index (κ2) is 7.32. The van der Waals surface area contributed by atoms with E-state index in [-0.39, 0.29) is 5.56 Å². The molecular formula is C20H21N3O2. The van der Waals surface area contributed by atoms with Crippen LogP contribution in [0.4, 0.5) is 5.69 Å². The van der Waals surface area contributed by atoms with Gasteiger partial charge in [-0.2, -0.15) is 0 Å². The molecule has 0 atom stereocenters. The summed E-state index contributed by atoms with van der Waals surface area (Å²) >= 11 is 0. The fraction of sp³-hybridized carbons (Fsp3) is 0.200. The van der Waals surface area contributed by atoms with Crippen LogP contribution in [0.25, 0.3) is 22.2 Å². The Bertz CT molecular complexity index is 892. The van der Waals surface area contributed by atoms with Crippen LogP contribution in [-0.2, 0) is 0 Å². The lowest BCUT2D eigenvalue weighted by atomic mass is 10.1. The highest BCUT2D eigenvalue weighted by Gasteiger charge is 2.11. The SMILES string of the molecule is CN(C)CCNc1cc(-c2ccccc2)nc2ccc(C(=O)O)cc12. The molecule has 0 unspecified atom stereocenters. The Hall–Kier alpha value is -2.92. The van der Waals surface area contributed by atoms with E-state index in [1.807, 2.05) is 50.5 Å². The summed E-state index contributed by atoms with van der Waals surface area (Å²) in [4.78, 5) is 18.1. The third-order valence-electron chi connectivity index (χ3n) is 4.00. The van der Waals surface area contributed by atoms with Crippen LogP contribution in [0, 0.1) is 0 Å². The summed E-state index contributed by atoms with van der Waals surface area (Å²) in [5, 5.41) is 13.5. The summed E-state index contributed by atoms with van der Waals surface area (Å²) in [6, 6.07) is 17.0. The van der Waals surface area contributed by atoms with Gasteiger partial charge in [0.1, 0.15) is 0 Å². The van der Waals surface area contributed by atoms with Crippen LogP contribution < -0.4 is 5.32 Å². The fourth-order valence-corrected chi connectivity index (χ4v) is 2.68. The molecule has 5 heteroatoms. The number of aromatic nitrogens is 1. The van der Waals surface area contributed by atoms with Gasteiger partial charge in [-0.3, -0.25) is 0 Å². The Balaban J connectivity index is 2.08. The number of pyridine rings is 1. The molecule has 0 aliphatic heterocycles. The van der Waals surface area contributed by atoms with E-state index in [0.29, 0.717) is 0 Å². The third kappa shape index (κ3) is 3.95. The van der Waals surface area contributed by atoms with Gasteiger partial charge in [0.15, 0.2) is 0 Å². The maximum Gasteiger partial charge on any atom is 0.335 e. The number of anilines is 1. The lowest BCUT2D eigenvalue weighted by Crippen LogP contribution is -2.20. The molecule has 2 N–H and O–H groups in total. The van der Waals surface area contributed by atoms with Crippen molar-refractivity contribution >= 4 is 22.6 Å². The number of nitrogens with one attached hydrogen (secondary N) is 1. The number of nitrogens with zero attached hydrogens (tertiary/aromatic N) is 2. The number of benzene rings is 2. The number of hydrogen-bond acceptors (Lipinski definition) is 4. The van der Waals surface area contributed by atoms with Crippen LogP contribution >= 0.6 is 0 Å². The molecule has 0 saturated heterocycles. The summed E-state index contributed by atoms with van der Waals surface area (Å²) in [5.74, 6) is -0.937. The second-order valence-electron chi connectivity index (χ2n) is 6.19. The molecule has 3 rings (SSSR count). The summed E-state index contributed by atoms with van der Waals surface area (Å²) in [6.45, 7) is 1.64. The number of aromatic carboxylic acids is 1. The molecule has 3 aromatic rings. The zero-order chi connectivity index (χ0) is 17.8. The van der Waals surface area contributed by atoms with Crippen molar-refractivity contribution in [2.24, 2.45) is 0 Å². The zero-order valence-corrected chi connectivity index (χ0v) is 14.4. The molecule has 2 aromatic carbocycles. The van der Waals surface area contributed by atoms with Gasteiger partial charge in [0, 0.05) is 29.7 Å². The maximum absolute atomic E-state index is 11.3. The molecule has 0 amide bonds. The van der Waals surface area contributed by atoms with E-state index in [1.165, 1.54) is 0 Å². The molecule has 0 aliphatic rings. The number of rotatable bonds is 6. The van der Waals surface area contributed by atoms with E-state index in [0.717, 1.165) is 40.9 Å².